The van der Waals surface area contributed by atoms with Crippen molar-refractivity contribution in [3.05, 3.63) is 137 Å². The summed E-state index contributed by atoms with van der Waals surface area (Å²) in [5.74, 6) is 0.998. The predicted octanol–water partition coefficient (Wildman–Crippen LogP) is 7.51. The highest BCUT2D eigenvalue weighted by Crippen LogP contribution is 2.34. The summed E-state index contributed by atoms with van der Waals surface area (Å²) in [5.41, 5.74) is 9.36. The number of aryl methyl sites for hydroxylation is 1. The van der Waals surface area contributed by atoms with Gasteiger partial charge in [0.05, 0.1) is 40.5 Å². The molecule has 0 saturated heterocycles. The molecular formula is C36H38N6. The van der Waals surface area contributed by atoms with Crippen LogP contribution in [-0.4, -0.2) is 24.8 Å². The van der Waals surface area contributed by atoms with E-state index in [0.29, 0.717) is 0 Å². The molecule has 2 N–H and O–H groups in total. The Balaban J connectivity index is 0.00000316. The molecule has 1 atom stereocenters. The van der Waals surface area contributed by atoms with Gasteiger partial charge in [0.15, 0.2) is 0 Å². The van der Waals surface area contributed by atoms with Gasteiger partial charge in [-0.05, 0) is 66.3 Å². The molecule has 0 fully saturated rings. The van der Waals surface area contributed by atoms with Gasteiger partial charge in [0.2, 0.25) is 0 Å². The molecule has 1 unspecified atom stereocenters. The quantitative estimate of drug-likeness (QED) is 0.194. The Bertz CT molecular complexity index is 1740. The van der Waals surface area contributed by atoms with E-state index >= 15 is 0 Å². The van der Waals surface area contributed by atoms with Gasteiger partial charge >= 0.3 is 0 Å². The number of imidazole rings is 1. The van der Waals surface area contributed by atoms with Crippen LogP contribution < -0.4 is 5.32 Å². The molecular weight excluding hydrogens is 516 g/mol. The molecule has 0 bridgehead atoms. The van der Waals surface area contributed by atoms with Gasteiger partial charge < -0.3 is 10.3 Å². The topological polar surface area (TPSA) is 69.7 Å². The molecule has 0 spiro atoms. The molecule has 0 amide bonds. The van der Waals surface area contributed by atoms with Gasteiger partial charge in [0.1, 0.15) is 5.82 Å². The van der Waals surface area contributed by atoms with Crippen LogP contribution in [0.1, 0.15) is 60.2 Å². The Morgan fingerprint density at radius 3 is 2.45 bits per heavy atom. The van der Waals surface area contributed by atoms with Crippen LogP contribution in [0.5, 0.6) is 0 Å². The highest BCUT2D eigenvalue weighted by Gasteiger charge is 2.28. The molecule has 6 nitrogen and oxygen atoms in total. The Morgan fingerprint density at radius 1 is 0.762 bits per heavy atom. The molecule has 0 saturated carbocycles. The first kappa shape index (κ1) is 27.8. The van der Waals surface area contributed by atoms with Crippen molar-refractivity contribution in [2.24, 2.45) is 0 Å². The number of aromatic amines is 1. The van der Waals surface area contributed by atoms with E-state index < -0.39 is 0 Å². The Morgan fingerprint density at radius 2 is 1.57 bits per heavy atom. The maximum atomic E-state index is 4.90. The average Bonchev–Trinajstić information content (AvgIpc) is 3.44. The van der Waals surface area contributed by atoms with Crippen LogP contribution >= 0.6 is 0 Å². The molecule has 212 valence electrons. The summed E-state index contributed by atoms with van der Waals surface area (Å²) in [6.45, 7) is 3.13. The highest BCUT2D eigenvalue weighted by molar-refractivity contribution is 5.78. The third kappa shape index (κ3) is 6.10. The van der Waals surface area contributed by atoms with Crippen molar-refractivity contribution >= 4 is 21.9 Å². The summed E-state index contributed by atoms with van der Waals surface area (Å²) < 4.78 is 0. The van der Waals surface area contributed by atoms with E-state index in [9.17, 15) is 0 Å². The number of para-hydroxylation sites is 3. The van der Waals surface area contributed by atoms with Crippen molar-refractivity contribution in [2.75, 3.05) is 0 Å². The largest absolute Gasteiger partial charge is 0.341 e. The molecule has 1 aliphatic carbocycles. The summed E-state index contributed by atoms with van der Waals surface area (Å²) in [5, 5.41) is 4.73. The van der Waals surface area contributed by atoms with Crippen molar-refractivity contribution in [1.29, 1.82) is 0 Å². The molecule has 6 aromatic rings. The van der Waals surface area contributed by atoms with Crippen molar-refractivity contribution in [2.45, 2.75) is 58.9 Å². The van der Waals surface area contributed by atoms with Crippen LogP contribution in [0.2, 0.25) is 0 Å². The van der Waals surface area contributed by atoms with Crippen molar-refractivity contribution < 1.29 is 0 Å². The van der Waals surface area contributed by atoms with Crippen molar-refractivity contribution in [3.8, 4) is 0 Å². The summed E-state index contributed by atoms with van der Waals surface area (Å²) in [7, 11) is 0. The lowest BCUT2D eigenvalue weighted by Gasteiger charge is -2.34. The smallest absolute Gasteiger partial charge is 0.121 e. The van der Waals surface area contributed by atoms with E-state index in [1.54, 1.807) is 0 Å². The number of pyridine rings is 2. The average molecular weight is 555 g/mol. The molecule has 0 aliphatic heterocycles. The minimum absolute atomic E-state index is 0. The van der Waals surface area contributed by atoms with Gasteiger partial charge in [0.25, 0.3) is 0 Å². The Hall–Kier alpha value is -4.39. The van der Waals surface area contributed by atoms with E-state index in [0.717, 1.165) is 67.1 Å². The predicted molar refractivity (Wildman–Crippen MR) is 171 cm³/mol. The van der Waals surface area contributed by atoms with Crippen molar-refractivity contribution in [3.63, 3.8) is 0 Å². The third-order valence-corrected chi connectivity index (χ3v) is 8.10. The first-order chi connectivity index (χ1) is 20.3. The summed E-state index contributed by atoms with van der Waals surface area (Å²) in [6, 6.07) is 34.3. The maximum absolute atomic E-state index is 4.90. The number of H-pyrrole nitrogens is 1. The number of hydrogen-bond acceptors (Lipinski definition) is 5. The first-order valence-electron chi connectivity index (χ1n) is 14.5. The highest BCUT2D eigenvalue weighted by atomic mass is 15.2. The molecule has 6 heteroatoms. The molecule has 42 heavy (non-hydrogen) atoms. The first-order valence-corrected chi connectivity index (χ1v) is 14.5. The zero-order valence-electron chi connectivity index (χ0n) is 23.1. The maximum Gasteiger partial charge on any atom is 0.121 e. The molecule has 0 radical (unpaired) electrons. The zero-order valence-corrected chi connectivity index (χ0v) is 23.1. The third-order valence-electron chi connectivity index (χ3n) is 8.10. The van der Waals surface area contributed by atoms with Gasteiger partial charge in [-0.1, -0.05) is 74.2 Å². The molecule has 7 rings (SSSR count). The monoisotopic (exact) mass is 554 g/mol. The van der Waals surface area contributed by atoms with Crippen LogP contribution in [0.25, 0.3) is 21.9 Å². The summed E-state index contributed by atoms with van der Waals surface area (Å²) in [4.78, 5) is 20.6. The van der Waals surface area contributed by atoms with Crippen LogP contribution in [-0.2, 0) is 32.6 Å². The van der Waals surface area contributed by atoms with Crippen LogP contribution in [0.15, 0.2) is 103 Å². The molecule has 3 aromatic carbocycles. The second-order valence-electron chi connectivity index (χ2n) is 11.0. The van der Waals surface area contributed by atoms with Gasteiger partial charge in [-0.15, -0.1) is 0 Å². The second kappa shape index (κ2) is 12.6. The number of nitrogens with zero attached hydrogens (tertiary/aromatic N) is 4. The van der Waals surface area contributed by atoms with E-state index in [1.165, 1.54) is 34.2 Å². The lowest BCUT2D eigenvalue weighted by atomic mass is 9.90. The minimum atomic E-state index is 0. The number of hydrogen-bond donors (Lipinski definition) is 2. The fourth-order valence-corrected chi connectivity index (χ4v) is 6.03. The summed E-state index contributed by atoms with van der Waals surface area (Å²) in [6.07, 6.45) is 5.33. The van der Waals surface area contributed by atoms with E-state index in [1.807, 2.05) is 18.3 Å². The molecule has 3 heterocycles. The number of benzene rings is 3. The number of fused-ring (bicyclic) bond motifs is 3. The van der Waals surface area contributed by atoms with E-state index in [-0.39, 0.29) is 13.5 Å². The van der Waals surface area contributed by atoms with Gasteiger partial charge in [-0.25, -0.2) is 4.98 Å². The zero-order chi connectivity index (χ0) is 27.4. The van der Waals surface area contributed by atoms with Crippen molar-refractivity contribution in [1.82, 2.24) is 30.2 Å². The molecule has 3 aromatic heterocycles. The van der Waals surface area contributed by atoms with Crippen LogP contribution in [0.3, 0.4) is 0 Å². The minimum Gasteiger partial charge on any atom is -0.341 e. The number of aromatic nitrogens is 4. The second-order valence-corrected chi connectivity index (χ2v) is 11.0. The Labute approximate surface area is 247 Å². The van der Waals surface area contributed by atoms with Gasteiger partial charge in [-0.2, -0.15) is 0 Å². The lowest BCUT2D eigenvalue weighted by Crippen LogP contribution is -2.31. The van der Waals surface area contributed by atoms with Gasteiger partial charge in [0, 0.05) is 31.2 Å². The standard InChI is InChI=1S/C35H34N6.CH4/c1-2-10-30-27(7-1)18-19-29(38-30)22-36-21-25-14-16-26(17-15-25)23-41(24-34-39-31-11-3-4-12-32(31)40-34)33-13-5-8-28-9-6-20-37-35(28)33;/h1-4,6-7,9-12,14-20,33,36H,5,8,13,21-24H2,(H,39,40);1H4. The Kier molecular flexibility index (Phi) is 8.35. The lowest BCUT2D eigenvalue weighted by molar-refractivity contribution is 0.153. The van der Waals surface area contributed by atoms with Crippen LogP contribution in [0.4, 0.5) is 0 Å². The van der Waals surface area contributed by atoms with Crippen LogP contribution in [0, 0.1) is 0 Å². The number of rotatable bonds is 9. The van der Waals surface area contributed by atoms with E-state index in [4.69, 9.17) is 15.0 Å². The normalized spacial score (nSPS) is 14.6. The SMILES string of the molecule is C.c1cnc2c(c1)CCCC2N(Cc1ccc(CNCc2ccc3ccccc3n2)cc1)Cc1nc2ccccc2[nH]1. The number of nitrogens with one attached hydrogen (secondary N) is 2. The molecule has 1 aliphatic rings. The summed E-state index contributed by atoms with van der Waals surface area (Å²) >= 11 is 0. The fraction of sp³-hybridized carbons (Fsp3) is 0.250. The fourth-order valence-electron chi connectivity index (χ4n) is 6.03. The van der Waals surface area contributed by atoms with E-state index in [2.05, 4.69) is 100 Å². The van der Waals surface area contributed by atoms with Gasteiger partial charge in [-0.3, -0.25) is 14.9 Å².